The summed E-state index contributed by atoms with van der Waals surface area (Å²) in [6.07, 6.45) is 1.46. The maximum absolute atomic E-state index is 13.1. The van der Waals surface area contributed by atoms with Crippen LogP contribution >= 0.6 is 11.3 Å². The van der Waals surface area contributed by atoms with Crippen molar-refractivity contribution >= 4 is 17.2 Å². The Kier molecular flexibility index (Phi) is 4.02. The van der Waals surface area contributed by atoms with Gasteiger partial charge in [-0.15, -0.1) is 5.10 Å². The van der Waals surface area contributed by atoms with E-state index < -0.39 is 5.91 Å². The monoisotopic (exact) mass is 333 g/mol. The van der Waals surface area contributed by atoms with Crippen LogP contribution in [-0.4, -0.2) is 25.9 Å². The van der Waals surface area contributed by atoms with Crippen LogP contribution in [0.25, 0.3) is 5.69 Å². The fraction of sp³-hybridized carbons (Fsp3) is 0.143. The number of aromatic amines is 1. The third-order valence-electron chi connectivity index (χ3n) is 3.14. The van der Waals surface area contributed by atoms with Crippen LogP contribution in [0.3, 0.4) is 0 Å². The predicted octanol–water partition coefficient (Wildman–Crippen LogP) is 1.39. The van der Waals surface area contributed by atoms with E-state index in [0.717, 1.165) is 11.3 Å². The second kappa shape index (κ2) is 6.13. The molecule has 0 atom stereocenters. The summed E-state index contributed by atoms with van der Waals surface area (Å²) in [4.78, 5) is 25.5. The first kappa shape index (κ1) is 15.1. The quantitative estimate of drug-likeness (QED) is 0.755. The number of hydrogen-bond acceptors (Lipinski definition) is 5. The van der Waals surface area contributed by atoms with E-state index in [1.807, 2.05) is 0 Å². The summed E-state index contributed by atoms with van der Waals surface area (Å²) >= 11 is 1.03. The van der Waals surface area contributed by atoms with Crippen molar-refractivity contribution in [1.29, 1.82) is 0 Å². The molecule has 0 radical (unpaired) electrons. The second-order valence-electron chi connectivity index (χ2n) is 4.84. The van der Waals surface area contributed by atoms with Crippen molar-refractivity contribution in [3.05, 3.63) is 62.2 Å². The molecule has 0 saturated carbocycles. The number of thiazole rings is 1. The van der Waals surface area contributed by atoms with Crippen molar-refractivity contribution in [2.75, 3.05) is 0 Å². The van der Waals surface area contributed by atoms with Gasteiger partial charge in [0.1, 0.15) is 5.82 Å². The molecule has 23 heavy (non-hydrogen) atoms. The van der Waals surface area contributed by atoms with Gasteiger partial charge in [0.05, 0.1) is 18.4 Å². The molecule has 2 heterocycles. The number of aryl methyl sites for hydroxylation is 1. The highest BCUT2D eigenvalue weighted by atomic mass is 32.1. The highest BCUT2D eigenvalue weighted by molar-refractivity contribution is 7.07. The van der Waals surface area contributed by atoms with Crippen LogP contribution < -0.4 is 10.2 Å². The number of aromatic nitrogens is 4. The number of nitrogens with zero attached hydrogens (tertiary/aromatic N) is 3. The molecule has 0 aliphatic rings. The average molecular weight is 333 g/mol. The minimum atomic E-state index is -0.414. The van der Waals surface area contributed by atoms with Gasteiger partial charge < -0.3 is 10.3 Å². The number of carbonyl (C=O) groups is 1. The van der Waals surface area contributed by atoms with Crippen molar-refractivity contribution in [3.8, 4) is 5.69 Å². The fourth-order valence-electron chi connectivity index (χ4n) is 2.03. The lowest BCUT2D eigenvalue weighted by Gasteiger charge is -2.04. The Balaban J connectivity index is 1.73. The topological polar surface area (TPSA) is 92.7 Å². The van der Waals surface area contributed by atoms with E-state index in [-0.39, 0.29) is 22.9 Å². The molecule has 9 heteroatoms. The van der Waals surface area contributed by atoms with E-state index in [1.165, 1.54) is 23.0 Å². The standard InChI is InChI=1S/C14H12FN5O2S/c1-8-4-9(15)2-3-12(8)20-6-11(18-19-20)13(21)16-5-10-7-23-14(22)17-10/h2-4,6-7H,5H2,1H3,(H,16,21)(H,17,22). The summed E-state index contributed by atoms with van der Waals surface area (Å²) in [5, 5.41) is 12.0. The van der Waals surface area contributed by atoms with Gasteiger partial charge in [-0.05, 0) is 30.7 Å². The number of hydrogen-bond donors (Lipinski definition) is 2. The van der Waals surface area contributed by atoms with Crippen LogP contribution in [0.5, 0.6) is 0 Å². The summed E-state index contributed by atoms with van der Waals surface area (Å²) in [6, 6.07) is 4.26. The Morgan fingerprint density at radius 2 is 2.30 bits per heavy atom. The van der Waals surface area contributed by atoms with Crippen molar-refractivity contribution in [3.63, 3.8) is 0 Å². The van der Waals surface area contributed by atoms with Gasteiger partial charge in [-0.2, -0.15) is 0 Å². The number of carbonyl (C=O) groups excluding carboxylic acids is 1. The highest BCUT2D eigenvalue weighted by Crippen LogP contribution is 2.14. The summed E-state index contributed by atoms with van der Waals surface area (Å²) in [6.45, 7) is 1.94. The van der Waals surface area contributed by atoms with Gasteiger partial charge in [-0.3, -0.25) is 9.59 Å². The highest BCUT2D eigenvalue weighted by Gasteiger charge is 2.13. The van der Waals surface area contributed by atoms with Crippen LogP contribution in [-0.2, 0) is 6.54 Å². The first-order valence-corrected chi connectivity index (χ1v) is 7.54. The van der Waals surface area contributed by atoms with E-state index in [2.05, 4.69) is 20.6 Å². The van der Waals surface area contributed by atoms with Gasteiger partial charge in [-0.25, -0.2) is 9.07 Å². The summed E-state index contributed by atoms with van der Waals surface area (Å²) in [5.74, 6) is -0.753. The minimum absolute atomic E-state index is 0.131. The maximum Gasteiger partial charge on any atom is 0.304 e. The number of rotatable bonds is 4. The molecule has 0 aliphatic heterocycles. The smallest absolute Gasteiger partial charge is 0.304 e. The van der Waals surface area contributed by atoms with Crippen LogP contribution in [0, 0.1) is 12.7 Å². The van der Waals surface area contributed by atoms with Crippen LogP contribution in [0.1, 0.15) is 21.7 Å². The number of H-pyrrole nitrogens is 1. The van der Waals surface area contributed by atoms with E-state index in [4.69, 9.17) is 0 Å². The number of benzene rings is 1. The first-order valence-electron chi connectivity index (χ1n) is 6.66. The van der Waals surface area contributed by atoms with Crippen LogP contribution in [0.2, 0.25) is 0 Å². The molecule has 3 rings (SSSR count). The lowest BCUT2D eigenvalue weighted by Crippen LogP contribution is -2.23. The first-order chi connectivity index (χ1) is 11.0. The molecule has 1 amide bonds. The zero-order valence-corrected chi connectivity index (χ0v) is 12.9. The summed E-state index contributed by atoms with van der Waals surface area (Å²) < 4.78 is 14.5. The molecule has 0 fully saturated rings. The van der Waals surface area contributed by atoms with Gasteiger partial charge in [-0.1, -0.05) is 16.6 Å². The fourth-order valence-corrected chi connectivity index (χ4v) is 2.61. The lowest BCUT2D eigenvalue weighted by molar-refractivity contribution is 0.0945. The third kappa shape index (κ3) is 3.34. The zero-order valence-electron chi connectivity index (χ0n) is 12.0. The Hall–Kier alpha value is -2.81. The normalized spacial score (nSPS) is 10.7. The van der Waals surface area contributed by atoms with E-state index >= 15 is 0 Å². The lowest BCUT2D eigenvalue weighted by atomic mass is 10.2. The molecule has 7 nitrogen and oxygen atoms in total. The Labute approximate surface area is 133 Å². The van der Waals surface area contributed by atoms with Crippen molar-refractivity contribution in [2.24, 2.45) is 0 Å². The summed E-state index contributed by atoms with van der Waals surface area (Å²) in [7, 11) is 0. The van der Waals surface area contributed by atoms with Gasteiger partial charge in [0.25, 0.3) is 5.91 Å². The molecular weight excluding hydrogens is 321 g/mol. The molecule has 2 N–H and O–H groups in total. The Bertz CT molecular complexity index is 914. The molecule has 3 aromatic rings. The summed E-state index contributed by atoms with van der Waals surface area (Å²) in [5.41, 5.74) is 2.07. The average Bonchev–Trinajstić information content (AvgIpc) is 3.14. The largest absolute Gasteiger partial charge is 0.345 e. The molecule has 118 valence electrons. The van der Waals surface area contributed by atoms with Crippen LogP contribution in [0.15, 0.2) is 34.6 Å². The third-order valence-corrected chi connectivity index (χ3v) is 3.86. The molecule has 0 spiro atoms. The molecule has 0 bridgehead atoms. The number of nitrogens with one attached hydrogen (secondary N) is 2. The molecule has 1 aromatic carbocycles. The second-order valence-corrected chi connectivity index (χ2v) is 5.68. The number of amides is 1. The van der Waals surface area contributed by atoms with Crippen molar-refractivity contribution in [1.82, 2.24) is 25.3 Å². The molecule has 0 aliphatic carbocycles. The maximum atomic E-state index is 13.1. The molecule has 2 aromatic heterocycles. The zero-order chi connectivity index (χ0) is 16.4. The molecule has 0 unspecified atom stereocenters. The van der Waals surface area contributed by atoms with Gasteiger partial charge in [0.15, 0.2) is 5.69 Å². The number of halogens is 1. The molecular formula is C14H12FN5O2S. The van der Waals surface area contributed by atoms with Crippen molar-refractivity contribution < 1.29 is 9.18 Å². The Morgan fingerprint density at radius 1 is 1.48 bits per heavy atom. The van der Waals surface area contributed by atoms with E-state index in [9.17, 15) is 14.0 Å². The van der Waals surface area contributed by atoms with Crippen LogP contribution in [0.4, 0.5) is 4.39 Å². The SMILES string of the molecule is Cc1cc(F)ccc1-n1cc(C(=O)NCc2csc(=O)[nH]2)nn1. The van der Waals surface area contributed by atoms with E-state index in [0.29, 0.717) is 16.9 Å². The molecule has 0 saturated heterocycles. The van der Waals surface area contributed by atoms with Gasteiger partial charge in [0.2, 0.25) is 0 Å². The van der Waals surface area contributed by atoms with Crippen molar-refractivity contribution in [2.45, 2.75) is 13.5 Å². The minimum Gasteiger partial charge on any atom is -0.345 e. The predicted molar refractivity (Wildman–Crippen MR) is 82.2 cm³/mol. The van der Waals surface area contributed by atoms with Gasteiger partial charge >= 0.3 is 4.87 Å². The Morgan fingerprint density at radius 3 is 3.00 bits per heavy atom. The van der Waals surface area contributed by atoms with E-state index in [1.54, 1.807) is 18.4 Å². The van der Waals surface area contributed by atoms with Gasteiger partial charge in [0, 0.05) is 11.1 Å².